The molecule has 1 aliphatic carbocycles. The van der Waals surface area contributed by atoms with Gasteiger partial charge in [0.15, 0.2) is 11.9 Å². The fourth-order valence-electron chi connectivity index (χ4n) is 3.51. The summed E-state index contributed by atoms with van der Waals surface area (Å²) in [6.45, 7) is 4.40. The molecule has 27 heavy (non-hydrogen) atoms. The molecule has 1 aliphatic heterocycles. The zero-order chi connectivity index (χ0) is 18.6. The number of unbranched alkanes of at least 4 members (excludes halogenated alkanes) is 1. The Bertz CT molecular complexity index is 839. The summed E-state index contributed by atoms with van der Waals surface area (Å²) in [6, 6.07) is 8.19. The summed E-state index contributed by atoms with van der Waals surface area (Å²) < 4.78 is 6.39. The highest BCUT2D eigenvalue weighted by atomic mass is 32.2. The molecular formula is C21H26N4OS. The number of anilines is 1. The zero-order valence-corrected chi connectivity index (χ0v) is 16.8. The fourth-order valence-corrected chi connectivity index (χ4v) is 4.37. The van der Waals surface area contributed by atoms with Gasteiger partial charge in [0.25, 0.3) is 0 Å². The average molecular weight is 383 g/mol. The lowest BCUT2D eigenvalue weighted by Gasteiger charge is -2.29. The monoisotopic (exact) mass is 382 g/mol. The quantitative estimate of drug-likeness (QED) is 0.430. The maximum absolute atomic E-state index is 6.39. The van der Waals surface area contributed by atoms with E-state index in [9.17, 15) is 0 Å². The Hall–Kier alpha value is -2.08. The number of rotatable bonds is 5. The molecule has 142 valence electrons. The van der Waals surface area contributed by atoms with Crippen molar-refractivity contribution < 1.29 is 4.74 Å². The largest absolute Gasteiger partial charge is 0.452 e. The smallest absolute Gasteiger partial charge is 0.247 e. The normalized spacial score (nSPS) is 21.2. The molecule has 0 bridgehead atoms. The maximum atomic E-state index is 6.39. The predicted molar refractivity (Wildman–Crippen MR) is 110 cm³/mol. The Labute approximate surface area is 165 Å². The molecule has 0 saturated carbocycles. The summed E-state index contributed by atoms with van der Waals surface area (Å²) in [6.07, 6.45) is 7.80. The lowest BCUT2D eigenvalue weighted by Crippen LogP contribution is -2.35. The molecular weight excluding hydrogens is 356 g/mol. The molecule has 0 radical (unpaired) electrons. The topological polar surface area (TPSA) is 59.9 Å². The Morgan fingerprint density at radius 2 is 2.15 bits per heavy atom. The summed E-state index contributed by atoms with van der Waals surface area (Å²) in [5.74, 6) is 2.01. The number of benzene rings is 1. The Kier molecular flexibility index (Phi) is 5.62. The predicted octanol–water partition coefficient (Wildman–Crippen LogP) is 5.31. The number of nitrogens with zero attached hydrogens (tertiary/aromatic N) is 3. The molecule has 1 aromatic heterocycles. The van der Waals surface area contributed by atoms with E-state index in [1.54, 1.807) is 11.8 Å². The molecule has 1 N–H and O–H groups in total. The molecule has 0 fully saturated rings. The number of fused-ring (bicyclic) bond motifs is 3. The lowest BCUT2D eigenvalue weighted by atomic mass is 9.89. The van der Waals surface area contributed by atoms with Crippen molar-refractivity contribution in [3.63, 3.8) is 0 Å². The third-order valence-electron chi connectivity index (χ3n) is 5.19. The molecule has 5 nitrogen and oxygen atoms in total. The summed E-state index contributed by atoms with van der Waals surface area (Å²) in [5.41, 5.74) is 4.24. The molecule has 2 unspecified atom stereocenters. The van der Waals surface area contributed by atoms with Crippen LogP contribution in [0.1, 0.15) is 46.0 Å². The minimum absolute atomic E-state index is 0.109. The first-order valence-electron chi connectivity index (χ1n) is 9.80. The van der Waals surface area contributed by atoms with Gasteiger partial charge in [0.05, 0.1) is 0 Å². The van der Waals surface area contributed by atoms with Gasteiger partial charge in [0.2, 0.25) is 11.0 Å². The van der Waals surface area contributed by atoms with E-state index in [4.69, 9.17) is 9.72 Å². The molecule has 1 aromatic carbocycles. The van der Waals surface area contributed by atoms with Crippen LogP contribution in [-0.4, -0.2) is 27.2 Å². The lowest BCUT2D eigenvalue weighted by molar-refractivity contribution is 0.145. The van der Waals surface area contributed by atoms with Crippen molar-refractivity contribution in [3.8, 4) is 17.1 Å². The Morgan fingerprint density at radius 3 is 2.96 bits per heavy atom. The van der Waals surface area contributed by atoms with E-state index in [1.807, 2.05) is 12.1 Å². The van der Waals surface area contributed by atoms with E-state index in [0.717, 1.165) is 54.8 Å². The van der Waals surface area contributed by atoms with Gasteiger partial charge < -0.3 is 10.1 Å². The number of thioether (sulfide) groups is 1. The van der Waals surface area contributed by atoms with E-state index >= 15 is 0 Å². The van der Waals surface area contributed by atoms with Crippen LogP contribution in [0.15, 0.2) is 41.1 Å². The van der Waals surface area contributed by atoms with Crippen LogP contribution >= 0.6 is 11.8 Å². The Morgan fingerprint density at radius 1 is 1.26 bits per heavy atom. The molecule has 4 rings (SSSR count). The maximum Gasteiger partial charge on any atom is 0.247 e. The van der Waals surface area contributed by atoms with Crippen molar-refractivity contribution in [2.24, 2.45) is 5.92 Å². The fraction of sp³-hybridized carbons (Fsp3) is 0.476. The minimum atomic E-state index is -0.109. The number of hydrogen-bond acceptors (Lipinski definition) is 6. The number of hydrogen-bond donors (Lipinski definition) is 1. The highest BCUT2D eigenvalue weighted by Gasteiger charge is 2.30. The molecule has 6 heteroatoms. The summed E-state index contributed by atoms with van der Waals surface area (Å²) in [5, 5.41) is 13.1. The van der Waals surface area contributed by atoms with Crippen molar-refractivity contribution in [1.82, 2.24) is 15.2 Å². The van der Waals surface area contributed by atoms with Crippen LogP contribution in [0, 0.1) is 5.92 Å². The van der Waals surface area contributed by atoms with Crippen molar-refractivity contribution in [1.29, 1.82) is 0 Å². The highest BCUT2D eigenvalue weighted by Crippen LogP contribution is 2.39. The van der Waals surface area contributed by atoms with E-state index in [1.165, 1.54) is 5.57 Å². The summed E-state index contributed by atoms with van der Waals surface area (Å²) >= 11 is 1.65. The van der Waals surface area contributed by atoms with Crippen molar-refractivity contribution in [3.05, 3.63) is 35.9 Å². The van der Waals surface area contributed by atoms with Crippen LogP contribution in [0.2, 0.25) is 0 Å². The molecule has 2 aliphatic rings. The van der Waals surface area contributed by atoms with E-state index in [0.29, 0.717) is 17.0 Å². The molecule has 0 saturated heterocycles. The first kappa shape index (κ1) is 18.3. The Balaban J connectivity index is 1.66. The summed E-state index contributed by atoms with van der Waals surface area (Å²) in [7, 11) is 0. The number of aromatic nitrogens is 3. The van der Waals surface area contributed by atoms with Crippen LogP contribution < -0.4 is 10.1 Å². The first-order chi connectivity index (χ1) is 13.2. The van der Waals surface area contributed by atoms with Gasteiger partial charge in [-0.1, -0.05) is 55.0 Å². The highest BCUT2D eigenvalue weighted by molar-refractivity contribution is 7.99. The van der Waals surface area contributed by atoms with E-state index in [2.05, 4.69) is 47.6 Å². The van der Waals surface area contributed by atoms with Gasteiger partial charge in [-0.25, -0.2) is 0 Å². The van der Waals surface area contributed by atoms with Crippen molar-refractivity contribution >= 4 is 17.4 Å². The summed E-state index contributed by atoms with van der Waals surface area (Å²) in [4.78, 5) is 4.72. The van der Waals surface area contributed by atoms with Crippen LogP contribution in [0.5, 0.6) is 5.88 Å². The molecule has 2 heterocycles. The van der Waals surface area contributed by atoms with Gasteiger partial charge in [-0.2, -0.15) is 4.98 Å². The second kappa shape index (κ2) is 8.30. The third-order valence-corrected chi connectivity index (χ3v) is 6.11. The van der Waals surface area contributed by atoms with Crippen LogP contribution in [0.3, 0.4) is 0 Å². The van der Waals surface area contributed by atoms with Crippen LogP contribution in [0.4, 0.5) is 5.69 Å². The standard InChI is InChI=1S/C21H26N4OS/c1-3-4-13-27-21-23-20-18(24-25-21)16-7-5-6-8-17(16)22-19(26-20)15-11-9-14(2)10-12-15/h5-9,15,19,22H,3-4,10-13H2,1-2H3. The molecule has 2 atom stereocenters. The third kappa shape index (κ3) is 4.10. The van der Waals surface area contributed by atoms with Gasteiger partial charge in [0, 0.05) is 22.9 Å². The number of ether oxygens (including phenoxy) is 1. The van der Waals surface area contributed by atoms with Crippen LogP contribution in [0.25, 0.3) is 11.3 Å². The second-order valence-electron chi connectivity index (χ2n) is 7.26. The van der Waals surface area contributed by atoms with Gasteiger partial charge in [-0.05, 0) is 38.7 Å². The van der Waals surface area contributed by atoms with Gasteiger partial charge in [-0.3, -0.25) is 0 Å². The zero-order valence-electron chi connectivity index (χ0n) is 15.9. The van der Waals surface area contributed by atoms with Crippen molar-refractivity contribution in [2.75, 3.05) is 11.1 Å². The number of para-hydroxylation sites is 1. The SMILES string of the molecule is CCCCSc1nnc2c(n1)OC(C1CC=C(C)CC1)Nc1ccccc1-2. The average Bonchev–Trinajstić information content (AvgIpc) is 2.85. The van der Waals surface area contributed by atoms with Crippen LogP contribution in [-0.2, 0) is 0 Å². The van der Waals surface area contributed by atoms with Gasteiger partial charge >= 0.3 is 0 Å². The minimum Gasteiger partial charge on any atom is -0.452 e. The first-order valence-corrected chi connectivity index (χ1v) is 10.8. The van der Waals surface area contributed by atoms with Gasteiger partial charge in [-0.15, -0.1) is 10.2 Å². The van der Waals surface area contributed by atoms with E-state index in [-0.39, 0.29) is 6.23 Å². The number of allylic oxidation sites excluding steroid dienone is 2. The van der Waals surface area contributed by atoms with Gasteiger partial charge in [0.1, 0.15) is 0 Å². The van der Waals surface area contributed by atoms with Crippen molar-refractivity contribution in [2.45, 2.75) is 57.3 Å². The molecule has 0 amide bonds. The second-order valence-corrected chi connectivity index (χ2v) is 8.33. The van der Waals surface area contributed by atoms with E-state index < -0.39 is 0 Å². The molecule has 0 spiro atoms. The molecule has 2 aromatic rings. The number of nitrogens with one attached hydrogen (secondary N) is 1.